The Labute approximate surface area is 274 Å². The van der Waals surface area contributed by atoms with Crippen LogP contribution < -0.4 is 14.4 Å². The van der Waals surface area contributed by atoms with Crippen LogP contribution in [0.15, 0.2) is 65.6 Å². The zero-order chi connectivity index (χ0) is 33.6. The number of amides is 2. The molecule has 1 unspecified atom stereocenters. The summed E-state index contributed by atoms with van der Waals surface area (Å²) in [4.78, 5) is 39.9. The number of hydrogen-bond donors (Lipinski definition) is 1. The van der Waals surface area contributed by atoms with E-state index in [0.29, 0.717) is 0 Å². The van der Waals surface area contributed by atoms with Gasteiger partial charge in [0.1, 0.15) is 18.3 Å². The van der Waals surface area contributed by atoms with Crippen LogP contribution >= 0.6 is 11.6 Å². The minimum Gasteiger partial charge on any atom is -0.495 e. The number of carbonyl (C=O) groups excluding carboxylic acids is 2. The van der Waals surface area contributed by atoms with E-state index in [9.17, 15) is 28.1 Å². The van der Waals surface area contributed by atoms with Crippen LogP contribution in [0, 0.1) is 24.0 Å². The molecule has 0 bridgehead atoms. The second-order valence-corrected chi connectivity index (χ2v) is 13.8. The van der Waals surface area contributed by atoms with Crippen molar-refractivity contribution in [3.8, 4) is 5.75 Å². The van der Waals surface area contributed by atoms with Gasteiger partial charge in [0, 0.05) is 29.2 Å². The summed E-state index contributed by atoms with van der Waals surface area (Å²) in [6, 6.07) is 14.4. The number of aryl methyl sites for hydroxylation is 2. The highest BCUT2D eigenvalue weighted by Gasteiger charge is 2.35. The van der Waals surface area contributed by atoms with Crippen molar-refractivity contribution in [1.82, 2.24) is 10.2 Å². The van der Waals surface area contributed by atoms with E-state index in [2.05, 4.69) is 5.32 Å². The molecule has 0 heterocycles. The van der Waals surface area contributed by atoms with E-state index >= 15 is 0 Å². The number of carbonyl (C=O) groups is 2. The number of nitro groups is 1. The van der Waals surface area contributed by atoms with Crippen molar-refractivity contribution < 1.29 is 27.7 Å². The van der Waals surface area contributed by atoms with Crippen molar-refractivity contribution in [3.63, 3.8) is 0 Å². The van der Waals surface area contributed by atoms with Crippen molar-refractivity contribution in [2.75, 3.05) is 18.0 Å². The molecule has 0 radical (unpaired) electrons. The third-order valence-electron chi connectivity index (χ3n) is 8.37. The molecule has 1 aliphatic carbocycles. The molecule has 1 fully saturated rings. The van der Waals surface area contributed by atoms with Crippen LogP contribution in [0.5, 0.6) is 5.75 Å². The van der Waals surface area contributed by atoms with Gasteiger partial charge in [0.15, 0.2) is 0 Å². The normalized spacial score (nSPS) is 14.3. The van der Waals surface area contributed by atoms with Gasteiger partial charge in [-0.25, -0.2) is 8.42 Å². The van der Waals surface area contributed by atoms with Crippen molar-refractivity contribution in [1.29, 1.82) is 0 Å². The lowest BCUT2D eigenvalue weighted by Gasteiger charge is -2.33. The highest BCUT2D eigenvalue weighted by atomic mass is 35.5. The average molecular weight is 671 g/mol. The minimum absolute atomic E-state index is 0.00374. The topological polar surface area (TPSA) is 139 Å². The molecule has 13 heteroatoms. The fraction of sp³-hybridized carbons (Fsp3) is 0.394. The first-order chi connectivity index (χ1) is 21.8. The summed E-state index contributed by atoms with van der Waals surface area (Å²) >= 11 is 6.30. The fourth-order valence-electron chi connectivity index (χ4n) is 5.57. The first kappa shape index (κ1) is 34.7. The molecule has 0 aromatic heterocycles. The Kier molecular flexibility index (Phi) is 11.3. The Morgan fingerprint density at radius 3 is 2.39 bits per heavy atom. The maximum atomic E-state index is 14.3. The number of rotatable bonds is 12. The van der Waals surface area contributed by atoms with Gasteiger partial charge in [0.05, 0.1) is 22.6 Å². The van der Waals surface area contributed by atoms with Gasteiger partial charge in [-0.15, -0.1) is 0 Å². The van der Waals surface area contributed by atoms with Crippen LogP contribution in [0.4, 0.5) is 11.4 Å². The molecule has 3 aromatic rings. The summed E-state index contributed by atoms with van der Waals surface area (Å²) in [5.74, 6) is -0.893. The number of sulfonamides is 1. The molecule has 0 spiro atoms. The number of nitrogens with one attached hydrogen (secondary N) is 1. The summed E-state index contributed by atoms with van der Waals surface area (Å²) in [6.45, 7) is 4.31. The molecule has 4 rings (SSSR count). The number of hydrogen-bond acceptors (Lipinski definition) is 7. The van der Waals surface area contributed by atoms with E-state index in [1.54, 1.807) is 6.92 Å². The Morgan fingerprint density at radius 2 is 1.74 bits per heavy atom. The quantitative estimate of drug-likeness (QED) is 0.186. The lowest BCUT2D eigenvalue weighted by atomic mass is 9.95. The number of nitro benzene ring substituents is 1. The van der Waals surface area contributed by atoms with Gasteiger partial charge < -0.3 is 15.0 Å². The van der Waals surface area contributed by atoms with Gasteiger partial charge in [0.2, 0.25) is 11.8 Å². The number of nitrogens with zero attached hydrogens (tertiary/aromatic N) is 3. The minimum atomic E-state index is -4.61. The van der Waals surface area contributed by atoms with Gasteiger partial charge in [-0.3, -0.25) is 24.0 Å². The lowest BCUT2D eigenvalue weighted by Crippen LogP contribution is -2.53. The summed E-state index contributed by atoms with van der Waals surface area (Å²) < 4.78 is 34.9. The Bertz CT molecular complexity index is 1710. The van der Waals surface area contributed by atoms with Gasteiger partial charge in [-0.05, 0) is 69.0 Å². The molecule has 11 nitrogen and oxygen atoms in total. The first-order valence-corrected chi connectivity index (χ1v) is 16.9. The molecule has 1 aliphatic rings. The van der Waals surface area contributed by atoms with E-state index in [0.717, 1.165) is 53.6 Å². The Morgan fingerprint density at radius 1 is 1.04 bits per heavy atom. The Balaban J connectivity index is 1.78. The third-order valence-corrected chi connectivity index (χ3v) is 10.4. The zero-order valence-electron chi connectivity index (χ0n) is 26.4. The largest absolute Gasteiger partial charge is 0.495 e. The molecule has 2 amide bonds. The van der Waals surface area contributed by atoms with Crippen LogP contribution in [0.3, 0.4) is 0 Å². The molecule has 3 aromatic carbocycles. The van der Waals surface area contributed by atoms with Crippen LogP contribution in [0.1, 0.15) is 55.7 Å². The van der Waals surface area contributed by atoms with Gasteiger partial charge >= 0.3 is 0 Å². The number of benzene rings is 3. The summed E-state index contributed by atoms with van der Waals surface area (Å²) in [5, 5.41) is 15.0. The number of halogens is 1. The number of methoxy groups -OCH3 is 1. The second kappa shape index (κ2) is 15.0. The zero-order valence-corrected chi connectivity index (χ0v) is 27.9. The van der Waals surface area contributed by atoms with E-state index < -0.39 is 38.3 Å². The predicted octanol–water partition coefficient (Wildman–Crippen LogP) is 5.94. The molecule has 0 saturated heterocycles. The maximum absolute atomic E-state index is 14.3. The number of ether oxygens (including phenoxy) is 1. The smallest absolute Gasteiger partial charge is 0.273 e. The van der Waals surface area contributed by atoms with Crippen molar-refractivity contribution >= 4 is 44.8 Å². The molecule has 246 valence electrons. The van der Waals surface area contributed by atoms with E-state index in [4.69, 9.17) is 16.3 Å². The maximum Gasteiger partial charge on any atom is 0.273 e. The van der Waals surface area contributed by atoms with Crippen molar-refractivity contribution in [2.45, 2.75) is 76.4 Å². The van der Waals surface area contributed by atoms with E-state index in [1.807, 2.05) is 31.2 Å². The molecule has 1 saturated carbocycles. The average Bonchev–Trinajstić information content (AvgIpc) is 3.03. The SMILES string of the molecule is COc1ccc(Cl)cc1N(CC(=O)N(Cc1ccccc1C)C(C)C(=O)NC1CCCCC1)S(=O)(=O)c1ccc(C)c([N+](=O)[O-])c1. The molecular formula is C33H39ClN4O7S. The fourth-order valence-corrected chi connectivity index (χ4v) is 7.17. The number of anilines is 1. The van der Waals surface area contributed by atoms with Crippen molar-refractivity contribution in [2.24, 2.45) is 0 Å². The highest BCUT2D eigenvalue weighted by Crippen LogP contribution is 2.36. The standard InChI is InChI=1S/C33H39ClN4O7S/c1-22-10-8-9-11-25(22)20-36(24(3)33(40)35-27-12-6-5-7-13-27)32(39)21-37(30-18-26(34)15-17-31(30)45-4)46(43,44)28-16-14-23(2)29(19-28)38(41)42/h8-11,14-19,24,27H,5-7,12-13,20-21H2,1-4H3,(H,35,40). The van der Waals surface area contributed by atoms with Crippen LogP contribution in [0.25, 0.3) is 0 Å². The van der Waals surface area contributed by atoms with Crippen LogP contribution in [-0.4, -0.2) is 55.8 Å². The predicted molar refractivity (Wildman–Crippen MR) is 177 cm³/mol. The summed E-state index contributed by atoms with van der Waals surface area (Å²) in [5.41, 5.74) is 1.53. The van der Waals surface area contributed by atoms with E-state index in [-0.39, 0.29) is 46.2 Å². The molecule has 1 atom stereocenters. The highest BCUT2D eigenvalue weighted by molar-refractivity contribution is 7.92. The molecular weight excluding hydrogens is 632 g/mol. The summed E-state index contributed by atoms with van der Waals surface area (Å²) in [7, 11) is -3.27. The van der Waals surface area contributed by atoms with Crippen molar-refractivity contribution in [3.05, 3.63) is 92.5 Å². The molecule has 46 heavy (non-hydrogen) atoms. The van der Waals surface area contributed by atoms with E-state index in [1.165, 1.54) is 49.3 Å². The van der Waals surface area contributed by atoms with Crippen LogP contribution in [0.2, 0.25) is 5.02 Å². The summed E-state index contributed by atoms with van der Waals surface area (Å²) in [6.07, 6.45) is 4.84. The van der Waals surface area contributed by atoms with Crippen LogP contribution in [-0.2, 0) is 26.2 Å². The Hall–Kier alpha value is -4.16. The van der Waals surface area contributed by atoms with Gasteiger partial charge in [-0.2, -0.15) is 0 Å². The monoisotopic (exact) mass is 670 g/mol. The lowest BCUT2D eigenvalue weighted by molar-refractivity contribution is -0.385. The first-order valence-electron chi connectivity index (χ1n) is 15.1. The van der Waals surface area contributed by atoms with Gasteiger partial charge in [0.25, 0.3) is 15.7 Å². The molecule has 1 N–H and O–H groups in total. The van der Waals surface area contributed by atoms with Gasteiger partial charge in [-0.1, -0.05) is 61.2 Å². The third kappa shape index (κ3) is 7.97. The second-order valence-electron chi connectivity index (χ2n) is 11.5. The molecule has 0 aliphatic heterocycles.